The summed E-state index contributed by atoms with van der Waals surface area (Å²) in [4.78, 5) is 20.7. The van der Waals surface area contributed by atoms with E-state index in [1.54, 1.807) is 26.4 Å². The third-order valence-corrected chi connectivity index (χ3v) is 6.21. The monoisotopic (exact) mass is 508 g/mol. The van der Waals surface area contributed by atoms with Gasteiger partial charge in [-0.2, -0.15) is 5.10 Å². The molecule has 2 N–H and O–H groups in total. The van der Waals surface area contributed by atoms with Gasteiger partial charge in [0, 0.05) is 37.3 Å². The molecule has 9 nitrogen and oxygen atoms in total. The van der Waals surface area contributed by atoms with E-state index < -0.39 is 0 Å². The summed E-state index contributed by atoms with van der Waals surface area (Å²) in [5, 5.41) is 5.81. The summed E-state index contributed by atoms with van der Waals surface area (Å²) in [6.45, 7) is 1.84. The summed E-state index contributed by atoms with van der Waals surface area (Å²) in [5.41, 5.74) is 8.08. The molecule has 2 aromatic heterocycles. The molecule has 0 spiro atoms. The van der Waals surface area contributed by atoms with Crippen LogP contribution in [-0.2, 0) is 4.79 Å². The van der Waals surface area contributed by atoms with Crippen LogP contribution in [0.4, 0.5) is 5.82 Å². The molecule has 1 atom stereocenters. The minimum absolute atomic E-state index is 0.0184. The van der Waals surface area contributed by atoms with Crippen LogP contribution in [0, 0.1) is 11.8 Å². The number of benzene rings is 1. The number of methoxy groups -OCH3 is 2. The van der Waals surface area contributed by atoms with Gasteiger partial charge in [0.2, 0.25) is 5.91 Å². The zero-order valence-corrected chi connectivity index (χ0v) is 21.5. The number of hydrogen-bond donors (Lipinski definition) is 1. The molecule has 1 saturated heterocycles. The molecule has 1 aromatic carbocycles. The summed E-state index contributed by atoms with van der Waals surface area (Å²) in [7, 11) is 7.09. The number of halogens is 1. The molecule has 188 valence electrons. The second-order valence-electron chi connectivity index (χ2n) is 8.75. The molecule has 0 saturated carbocycles. The second kappa shape index (κ2) is 10.9. The number of ether oxygens (including phenoxy) is 2. The van der Waals surface area contributed by atoms with Crippen LogP contribution in [0.5, 0.6) is 11.5 Å². The summed E-state index contributed by atoms with van der Waals surface area (Å²) < 4.78 is 12.5. The first-order valence-corrected chi connectivity index (χ1v) is 11.9. The van der Waals surface area contributed by atoms with Gasteiger partial charge in [-0.25, -0.2) is 4.98 Å². The fourth-order valence-electron chi connectivity index (χ4n) is 4.13. The van der Waals surface area contributed by atoms with Crippen molar-refractivity contribution in [3.05, 3.63) is 52.8 Å². The van der Waals surface area contributed by atoms with E-state index in [0.717, 1.165) is 6.42 Å². The second-order valence-corrected chi connectivity index (χ2v) is 9.16. The number of anilines is 1. The van der Waals surface area contributed by atoms with E-state index in [1.165, 1.54) is 6.20 Å². The molecule has 3 aromatic rings. The van der Waals surface area contributed by atoms with E-state index >= 15 is 0 Å². The molecule has 3 heterocycles. The molecule has 10 heteroatoms. The highest BCUT2D eigenvalue weighted by Crippen LogP contribution is 2.34. The maximum Gasteiger partial charge on any atom is 0.246 e. The number of likely N-dealkylation sites (tertiary alicyclic amines) is 1. The third-order valence-electron chi connectivity index (χ3n) is 5.94. The Kier molecular flexibility index (Phi) is 7.67. The van der Waals surface area contributed by atoms with Gasteiger partial charge >= 0.3 is 0 Å². The third kappa shape index (κ3) is 5.40. The molecule has 0 radical (unpaired) electrons. The van der Waals surface area contributed by atoms with Gasteiger partial charge in [-0.3, -0.25) is 9.48 Å². The van der Waals surface area contributed by atoms with Crippen LogP contribution in [0.3, 0.4) is 0 Å². The fourth-order valence-corrected chi connectivity index (χ4v) is 4.36. The number of likely N-dealkylation sites (N-methyl/N-ethyl adjacent to an activating group) is 1. The maximum absolute atomic E-state index is 12.6. The van der Waals surface area contributed by atoms with Crippen LogP contribution >= 0.6 is 11.6 Å². The van der Waals surface area contributed by atoms with Gasteiger partial charge in [0.1, 0.15) is 23.0 Å². The first-order valence-electron chi connectivity index (χ1n) is 11.5. The van der Waals surface area contributed by atoms with Gasteiger partial charge in [-0.1, -0.05) is 23.6 Å². The van der Waals surface area contributed by atoms with Crippen LogP contribution in [0.2, 0.25) is 5.02 Å². The first-order chi connectivity index (χ1) is 17.3. The molecular formula is C26H29ClN6O3. The lowest BCUT2D eigenvalue weighted by Gasteiger charge is -2.16. The largest absolute Gasteiger partial charge is 0.497 e. The SMILES string of the molecule is COc1cc(C#Cc2nn(C3CCN(C(=O)/C=C/CN(C)C)C3)c3c(Cl)cnc(N)c23)cc(OC)c1. The number of aromatic nitrogens is 3. The predicted molar refractivity (Wildman–Crippen MR) is 140 cm³/mol. The zero-order chi connectivity index (χ0) is 25.8. The number of rotatable bonds is 6. The Morgan fingerprint density at radius 2 is 1.97 bits per heavy atom. The van der Waals surface area contributed by atoms with Gasteiger partial charge in [-0.05, 0) is 38.6 Å². The molecule has 36 heavy (non-hydrogen) atoms. The number of nitrogen functional groups attached to an aromatic ring is 1. The van der Waals surface area contributed by atoms with E-state index in [2.05, 4.69) is 16.8 Å². The molecule has 4 rings (SSSR count). The number of carbonyl (C=O) groups excluding carboxylic acids is 1. The highest BCUT2D eigenvalue weighted by molar-refractivity contribution is 6.35. The van der Waals surface area contributed by atoms with Crippen molar-refractivity contribution in [2.24, 2.45) is 0 Å². The van der Waals surface area contributed by atoms with Crippen molar-refractivity contribution < 1.29 is 14.3 Å². The standard InChI is InChI=1S/C26H29ClN6O3/c1-31(2)10-5-6-23(34)32-11-9-18(16-32)33-25-21(27)15-29-26(28)24(25)22(30-33)8-7-17-12-19(35-3)14-20(13-17)36-4/h5-6,12-15,18H,9-11,16H2,1-4H3,(H2,28,29)/b6-5+. The number of hydrogen-bond acceptors (Lipinski definition) is 7. The minimum atomic E-state index is -0.0644. The van der Waals surface area contributed by atoms with Crippen molar-refractivity contribution in [3.8, 4) is 23.3 Å². The van der Waals surface area contributed by atoms with E-state index in [4.69, 9.17) is 31.9 Å². The van der Waals surface area contributed by atoms with Crippen molar-refractivity contribution in [3.63, 3.8) is 0 Å². The van der Waals surface area contributed by atoms with E-state index in [0.29, 0.717) is 64.1 Å². The lowest BCUT2D eigenvalue weighted by molar-refractivity contribution is -0.125. The molecule has 1 aliphatic rings. The predicted octanol–water partition coefficient (Wildman–Crippen LogP) is 2.98. The molecule has 0 aliphatic carbocycles. The maximum atomic E-state index is 12.6. The smallest absolute Gasteiger partial charge is 0.246 e. The molecule has 1 amide bonds. The normalized spacial score (nSPS) is 15.5. The Morgan fingerprint density at radius 1 is 1.25 bits per heavy atom. The van der Waals surface area contributed by atoms with E-state index in [-0.39, 0.29) is 11.9 Å². The minimum Gasteiger partial charge on any atom is -0.497 e. The first kappa shape index (κ1) is 25.4. The van der Waals surface area contributed by atoms with Gasteiger partial charge in [0.05, 0.1) is 42.4 Å². The van der Waals surface area contributed by atoms with Gasteiger partial charge < -0.3 is 25.0 Å². The van der Waals surface area contributed by atoms with Gasteiger partial charge in [0.15, 0.2) is 0 Å². The average Bonchev–Trinajstić information content (AvgIpc) is 3.50. The summed E-state index contributed by atoms with van der Waals surface area (Å²) >= 11 is 6.56. The lowest BCUT2D eigenvalue weighted by Crippen LogP contribution is -2.27. The molecule has 1 unspecified atom stereocenters. The quantitative estimate of drug-likeness (QED) is 0.403. The van der Waals surface area contributed by atoms with E-state index in [1.807, 2.05) is 46.8 Å². The van der Waals surface area contributed by atoms with Crippen LogP contribution in [0.25, 0.3) is 10.9 Å². The fraction of sp³-hybridized carbons (Fsp3) is 0.346. The van der Waals surface area contributed by atoms with Gasteiger partial charge in [-0.15, -0.1) is 0 Å². The highest BCUT2D eigenvalue weighted by Gasteiger charge is 2.30. The molecule has 1 aliphatic heterocycles. The summed E-state index contributed by atoms with van der Waals surface area (Å²) in [5.74, 6) is 7.79. The zero-order valence-electron chi connectivity index (χ0n) is 20.8. The van der Waals surface area contributed by atoms with Crippen molar-refractivity contribution in [2.45, 2.75) is 12.5 Å². The molecule has 0 bridgehead atoms. The number of carbonyl (C=O) groups is 1. The Hall–Kier alpha value is -3.74. The average molecular weight is 509 g/mol. The summed E-state index contributed by atoms with van der Waals surface area (Å²) in [6.07, 6.45) is 5.74. The lowest BCUT2D eigenvalue weighted by atomic mass is 10.1. The van der Waals surface area contributed by atoms with Crippen molar-refractivity contribution in [2.75, 3.05) is 53.7 Å². The van der Waals surface area contributed by atoms with Crippen molar-refractivity contribution in [1.29, 1.82) is 0 Å². The van der Waals surface area contributed by atoms with Crippen LogP contribution < -0.4 is 15.2 Å². The topological polar surface area (TPSA) is 98.7 Å². The van der Waals surface area contributed by atoms with Crippen LogP contribution in [0.15, 0.2) is 36.5 Å². The number of nitrogens with two attached hydrogens (primary N) is 1. The van der Waals surface area contributed by atoms with Crippen molar-refractivity contribution in [1.82, 2.24) is 24.6 Å². The number of nitrogens with zero attached hydrogens (tertiary/aromatic N) is 5. The Bertz CT molecular complexity index is 1350. The Balaban J connectivity index is 1.68. The summed E-state index contributed by atoms with van der Waals surface area (Å²) in [6, 6.07) is 5.34. The number of fused-ring (bicyclic) bond motifs is 1. The van der Waals surface area contributed by atoms with Crippen LogP contribution in [0.1, 0.15) is 23.7 Å². The highest BCUT2D eigenvalue weighted by atomic mass is 35.5. The Morgan fingerprint density at radius 3 is 2.64 bits per heavy atom. The van der Waals surface area contributed by atoms with Crippen molar-refractivity contribution >= 4 is 34.2 Å². The van der Waals surface area contributed by atoms with E-state index in [9.17, 15) is 4.79 Å². The number of amides is 1. The molecule has 1 fully saturated rings. The molecular weight excluding hydrogens is 480 g/mol. The Labute approximate surface area is 215 Å². The van der Waals surface area contributed by atoms with Gasteiger partial charge in [0.25, 0.3) is 0 Å². The number of pyridine rings is 1. The van der Waals surface area contributed by atoms with Crippen LogP contribution in [-0.4, -0.2) is 78.4 Å².